The molecule has 3 rings (SSSR count). The molecule has 0 saturated carbocycles. The molecule has 0 spiro atoms. The topological polar surface area (TPSA) is 114 Å². The fourth-order valence-corrected chi connectivity index (χ4v) is 2.75. The van der Waals surface area contributed by atoms with E-state index in [9.17, 15) is 10.1 Å². The third-order valence-electron chi connectivity index (χ3n) is 4.12. The number of carbonyl (C=O) groups excluding carboxylic acids is 1. The Hall–Kier alpha value is -3.15. The van der Waals surface area contributed by atoms with Crippen LogP contribution in [0.5, 0.6) is 0 Å². The Bertz CT molecular complexity index is 787. The molecule has 9 heteroatoms. The lowest BCUT2D eigenvalue weighted by atomic mass is 10.2. The number of nitrogens with zero attached hydrogens (tertiary/aromatic N) is 6. The van der Waals surface area contributed by atoms with Crippen LogP contribution in [0.15, 0.2) is 18.3 Å². The summed E-state index contributed by atoms with van der Waals surface area (Å²) in [7, 11) is 0. The van der Waals surface area contributed by atoms with E-state index < -0.39 is 0 Å². The molecule has 0 radical (unpaired) electrons. The lowest BCUT2D eigenvalue weighted by Crippen LogP contribution is -2.52. The second-order valence-corrected chi connectivity index (χ2v) is 5.91. The van der Waals surface area contributed by atoms with Crippen LogP contribution in [0, 0.1) is 18.3 Å². The van der Waals surface area contributed by atoms with Crippen LogP contribution < -0.4 is 10.2 Å². The number of pyridine rings is 1. The van der Waals surface area contributed by atoms with Gasteiger partial charge in [0.05, 0.1) is 11.6 Å². The highest BCUT2D eigenvalue weighted by molar-refractivity contribution is 5.75. The fourth-order valence-electron chi connectivity index (χ4n) is 2.75. The highest BCUT2D eigenvalue weighted by atomic mass is 16.2. The van der Waals surface area contributed by atoms with Gasteiger partial charge in [-0.15, -0.1) is 0 Å². The Balaban J connectivity index is 1.57. The third-order valence-corrected chi connectivity index (χ3v) is 4.12. The number of hydrogen-bond donors (Lipinski definition) is 2. The quantitative estimate of drug-likeness (QED) is 0.861. The second kappa shape index (κ2) is 7.17. The predicted octanol–water partition coefficient (Wildman–Crippen LogP) is 0.973. The Morgan fingerprint density at radius 2 is 2.16 bits per heavy atom. The molecule has 0 unspecified atom stereocenters. The number of aromatic nitrogens is 4. The summed E-state index contributed by atoms with van der Waals surface area (Å²) in [5.74, 6) is 1.96. The number of piperazine rings is 1. The van der Waals surface area contributed by atoms with Crippen molar-refractivity contribution in [3.63, 3.8) is 0 Å². The molecule has 2 aromatic heterocycles. The molecule has 1 atom stereocenters. The zero-order valence-electron chi connectivity index (χ0n) is 14.2. The molecule has 9 nitrogen and oxygen atoms in total. The smallest absolute Gasteiger partial charge is 0.318 e. The average molecular weight is 340 g/mol. The van der Waals surface area contributed by atoms with Crippen LogP contribution in [0.1, 0.15) is 30.2 Å². The van der Waals surface area contributed by atoms with Crippen molar-refractivity contribution < 1.29 is 4.79 Å². The average Bonchev–Trinajstić information content (AvgIpc) is 3.08. The Morgan fingerprint density at radius 3 is 2.80 bits per heavy atom. The molecule has 1 fully saturated rings. The monoisotopic (exact) mass is 340 g/mol. The summed E-state index contributed by atoms with van der Waals surface area (Å²) in [6, 6.07) is 5.25. The van der Waals surface area contributed by atoms with E-state index in [0.717, 1.165) is 0 Å². The maximum absolute atomic E-state index is 12.4. The maximum Gasteiger partial charge on any atom is 0.318 e. The number of urea groups is 1. The molecule has 2 N–H and O–H groups in total. The Kier molecular flexibility index (Phi) is 4.79. The van der Waals surface area contributed by atoms with E-state index in [1.807, 2.05) is 18.7 Å². The van der Waals surface area contributed by atoms with Gasteiger partial charge in [-0.3, -0.25) is 5.10 Å². The van der Waals surface area contributed by atoms with Gasteiger partial charge in [0.1, 0.15) is 17.7 Å². The van der Waals surface area contributed by atoms with Crippen molar-refractivity contribution in [2.24, 2.45) is 0 Å². The summed E-state index contributed by atoms with van der Waals surface area (Å²) in [5.41, 5.74) is 0.550. The van der Waals surface area contributed by atoms with Crippen LogP contribution in [0.25, 0.3) is 0 Å². The zero-order chi connectivity index (χ0) is 17.8. The molecule has 2 amide bonds. The summed E-state index contributed by atoms with van der Waals surface area (Å²) >= 11 is 0. The van der Waals surface area contributed by atoms with Crippen LogP contribution in [-0.2, 0) is 0 Å². The fraction of sp³-hybridized carbons (Fsp3) is 0.438. The van der Waals surface area contributed by atoms with Gasteiger partial charge in [-0.1, -0.05) is 0 Å². The number of anilines is 1. The number of rotatable bonds is 3. The van der Waals surface area contributed by atoms with Crippen LogP contribution in [-0.4, -0.2) is 57.3 Å². The lowest BCUT2D eigenvalue weighted by Gasteiger charge is -2.36. The number of aromatic amines is 1. The van der Waals surface area contributed by atoms with Gasteiger partial charge in [0.15, 0.2) is 5.82 Å². The molecule has 1 aliphatic heterocycles. The number of carbonyl (C=O) groups is 1. The zero-order valence-corrected chi connectivity index (χ0v) is 14.2. The van der Waals surface area contributed by atoms with Gasteiger partial charge in [0.2, 0.25) is 0 Å². The highest BCUT2D eigenvalue weighted by Crippen LogP contribution is 2.18. The Morgan fingerprint density at radius 1 is 1.40 bits per heavy atom. The number of H-pyrrole nitrogens is 1. The predicted molar refractivity (Wildman–Crippen MR) is 90.8 cm³/mol. The van der Waals surface area contributed by atoms with Crippen molar-refractivity contribution in [1.29, 1.82) is 5.26 Å². The van der Waals surface area contributed by atoms with E-state index in [2.05, 4.69) is 31.6 Å². The van der Waals surface area contributed by atoms with Crippen LogP contribution >= 0.6 is 0 Å². The van der Waals surface area contributed by atoms with Crippen LogP contribution in [0.2, 0.25) is 0 Å². The summed E-state index contributed by atoms with van der Waals surface area (Å²) in [4.78, 5) is 24.7. The van der Waals surface area contributed by atoms with Gasteiger partial charge in [-0.25, -0.2) is 14.8 Å². The standard InChI is InChI=1S/C16H20N8O/c1-11(14-20-12(2)21-22-14)19-16(25)24-8-6-23(7-9-24)15-13(10-17)4-3-5-18-15/h3-5,11H,6-9H2,1-2H3,(H,19,25)(H,20,21,22)/t11-/m0/s1. The van der Waals surface area contributed by atoms with Gasteiger partial charge in [0, 0.05) is 32.4 Å². The van der Waals surface area contributed by atoms with Gasteiger partial charge in [0.25, 0.3) is 0 Å². The summed E-state index contributed by atoms with van der Waals surface area (Å²) < 4.78 is 0. The molecular formula is C16H20N8O. The summed E-state index contributed by atoms with van der Waals surface area (Å²) in [5, 5.41) is 18.9. The van der Waals surface area contributed by atoms with E-state index in [0.29, 0.717) is 49.2 Å². The third kappa shape index (κ3) is 3.68. The van der Waals surface area contributed by atoms with Crippen molar-refractivity contribution in [2.75, 3.05) is 31.1 Å². The first-order chi connectivity index (χ1) is 12.1. The first-order valence-electron chi connectivity index (χ1n) is 8.13. The largest absolute Gasteiger partial charge is 0.352 e. The number of hydrogen-bond acceptors (Lipinski definition) is 6. The molecule has 0 aliphatic carbocycles. The van der Waals surface area contributed by atoms with E-state index in [1.54, 1.807) is 23.2 Å². The summed E-state index contributed by atoms with van der Waals surface area (Å²) in [6.45, 7) is 6.06. The minimum absolute atomic E-state index is 0.142. The van der Waals surface area contributed by atoms with Crippen molar-refractivity contribution in [3.8, 4) is 6.07 Å². The summed E-state index contributed by atoms with van der Waals surface area (Å²) in [6.07, 6.45) is 1.68. The molecule has 3 heterocycles. The SMILES string of the molecule is Cc1nc([C@H](C)NC(=O)N2CCN(c3ncccc3C#N)CC2)n[nH]1. The van der Waals surface area contributed by atoms with E-state index >= 15 is 0 Å². The van der Waals surface area contributed by atoms with Crippen LogP contribution in [0.3, 0.4) is 0 Å². The van der Waals surface area contributed by atoms with Crippen molar-refractivity contribution in [1.82, 2.24) is 30.4 Å². The number of nitriles is 1. The van der Waals surface area contributed by atoms with E-state index in [-0.39, 0.29) is 12.1 Å². The van der Waals surface area contributed by atoms with E-state index in [1.165, 1.54) is 0 Å². The van der Waals surface area contributed by atoms with Gasteiger partial charge in [-0.05, 0) is 26.0 Å². The van der Waals surface area contributed by atoms with E-state index in [4.69, 9.17) is 0 Å². The highest BCUT2D eigenvalue weighted by Gasteiger charge is 2.25. The van der Waals surface area contributed by atoms with Crippen molar-refractivity contribution in [3.05, 3.63) is 35.5 Å². The minimum atomic E-state index is -0.267. The first kappa shape index (κ1) is 16.7. The van der Waals surface area contributed by atoms with Crippen molar-refractivity contribution >= 4 is 11.8 Å². The maximum atomic E-state index is 12.4. The molecule has 1 aliphatic rings. The van der Waals surface area contributed by atoms with Crippen molar-refractivity contribution in [2.45, 2.75) is 19.9 Å². The van der Waals surface area contributed by atoms with Gasteiger partial charge < -0.3 is 15.1 Å². The molecular weight excluding hydrogens is 320 g/mol. The number of amides is 2. The second-order valence-electron chi connectivity index (χ2n) is 5.91. The molecule has 130 valence electrons. The van der Waals surface area contributed by atoms with Gasteiger partial charge >= 0.3 is 6.03 Å². The number of aryl methyl sites for hydroxylation is 1. The molecule has 0 aromatic carbocycles. The number of nitrogens with one attached hydrogen (secondary N) is 2. The Labute approximate surface area is 145 Å². The molecule has 1 saturated heterocycles. The lowest BCUT2D eigenvalue weighted by molar-refractivity contribution is 0.190. The normalized spacial score (nSPS) is 15.6. The molecule has 0 bridgehead atoms. The van der Waals surface area contributed by atoms with Gasteiger partial charge in [-0.2, -0.15) is 10.4 Å². The van der Waals surface area contributed by atoms with Crippen LogP contribution in [0.4, 0.5) is 10.6 Å². The molecule has 25 heavy (non-hydrogen) atoms. The first-order valence-corrected chi connectivity index (χ1v) is 8.13. The molecule has 2 aromatic rings. The minimum Gasteiger partial charge on any atom is -0.352 e.